The molecular weight excluding hydrogens is 272 g/mol. The fraction of sp³-hybridized carbons (Fsp3) is 0.750. The zero-order valence-electron chi connectivity index (χ0n) is 13.5. The van der Waals surface area contributed by atoms with Crippen LogP contribution in [0.5, 0.6) is 0 Å². The number of carbonyl (C=O) groups is 1. The summed E-state index contributed by atoms with van der Waals surface area (Å²) in [5.41, 5.74) is 2.08. The molecule has 0 heterocycles. The molecule has 0 aromatic rings. The number of ketones is 1. The first kappa shape index (κ1) is 14.5. The molecule has 0 aromatic carbocycles. The predicted molar refractivity (Wildman–Crippen MR) is 85.9 cm³/mol. The van der Waals surface area contributed by atoms with Gasteiger partial charge in [-0.15, -0.1) is 6.42 Å². The number of allylic oxidation sites excluding steroid dienone is 2. The summed E-state index contributed by atoms with van der Waals surface area (Å²) in [6.07, 6.45) is 14.5. The summed E-state index contributed by atoms with van der Waals surface area (Å²) in [5, 5.41) is 10.9. The number of rotatable bonds is 0. The third-order valence-corrected chi connectivity index (χ3v) is 7.59. The van der Waals surface area contributed by atoms with Crippen LogP contribution >= 0.6 is 0 Å². The highest BCUT2D eigenvalue weighted by molar-refractivity contribution is 5.82. The molecule has 22 heavy (non-hydrogen) atoms. The van der Waals surface area contributed by atoms with E-state index in [1.807, 2.05) is 0 Å². The normalized spacial score (nSPS) is 47.5. The minimum Gasteiger partial charge on any atom is -0.377 e. The number of Topliss-reactive ketones (excluding diaryl/α,β-unsaturated/α-hetero) is 1. The smallest absolute Gasteiger partial charge is 0.137 e. The maximum Gasteiger partial charge on any atom is 0.137 e. The van der Waals surface area contributed by atoms with E-state index >= 15 is 0 Å². The van der Waals surface area contributed by atoms with Gasteiger partial charge in [-0.25, -0.2) is 0 Å². The second-order valence-electron chi connectivity index (χ2n) is 8.26. The van der Waals surface area contributed by atoms with Crippen molar-refractivity contribution in [3.05, 3.63) is 11.1 Å². The van der Waals surface area contributed by atoms with Crippen LogP contribution in [0.4, 0.5) is 0 Å². The van der Waals surface area contributed by atoms with Crippen LogP contribution in [0.15, 0.2) is 11.1 Å². The van der Waals surface area contributed by atoms with Gasteiger partial charge in [0.15, 0.2) is 0 Å². The predicted octanol–water partition coefficient (Wildman–Crippen LogP) is 3.64. The molecule has 0 saturated heterocycles. The number of terminal acetylenes is 1. The largest absolute Gasteiger partial charge is 0.377 e. The number of aliphatic hydroxyl groups is 1. The highest BCUT2D eigenvalue weighted by Crippen LogP contribution is 2.64. The molecule has 0 amide bonds. The Balaban J connectivity index is 1.67. The number of carbonyl (C=O) groups excluding carboxylic acids is 1. The van der Waals surface area contributed by atoms with Gasteiger partial charge < -0.3 is 5.11 Å². The van der Waals surface area contributed by atoms with Gasteiger partial charge in [-0.3, -0.25) is 4.79 Å². The fourth-order valence-electron chi connectivity index (χ4n) is 6.30. The van der Waals surface area contributed by atoms with Crippen molar-refractivity contribution in [1.29, 1.82) is 0 Å². The average Bonchev–Trinajstić information content (AvgIpc) is 2.79. The molecule has 2 saturated carbocycles. The SMILES string of the molecule is C#C[C@]1(O)CC[C@@H]2[C@@H]3CCC4=C(CCC(=O)C4)[C@H]3CC[C@@]21C. The van der Waals surface area contributed by atoms with E-state index in [0.29, 0.717) is 23.5 Å². The second kappa shape index (κ2) is 4.71. The Morgan fingerprint density at radius 3 is 2.77 bits per heavy atom. The van der Waals surface area contributed by atoms with Crippen molar-refractivity contribution in [2.24, 2.45) is 23.2 Å². The summed E-state index contributed by atoms with van der Waals surface area (Å²) in [6, 6.07) is 0. The van der Waals surface area contributed by atoms with E-state index in [2.05, 4.69) is 12.8 Å². The van der Waals surface area contributed by atoms with Crippen molar-refractivity contribution in [2.45, 2.75) is 70.3 Å². The molecule has 0 unspecified atom stereocenters. The van der Waals surface area contributed by atoms with E-state index in [9.17, 15) is 9.90 Å². The summed E-state index contributed by atoms with van der Waals surface area (Å²) in [6.45, 7) is 2.23. The summed E-state index contributed by atoms with van der Waals surface area (Å²) < 4.78 is 0. The Morgan fingerprint density at radius 1 is 1.18 bits per heavy atom. The van der Waals surface area contributed by atoms with Crippen LogP contribution in [0.25, 0.3) is 0 Å². The number of fused-ring (bicyclic) bond motifs is 4. The molecule has 0 spiro atoms. The molecule has 0 radical (unpaired) electrons. The lowest BCUT2D eigenvalue weighted by molar-refractivity contribution is -0.119. The third kappa shape index (κ3) is 1.75. The zero-order valence-corrected chi connectivity index (χ0v) is 13.5. The van der Waals surface area contributed by atoms with Gasteiger partial charge in [-0.2, -0.15) is 0 Å². The topological polar surface area (TPSA) is 37.3 Å². The first-order valence-electron chi connectivity index (χ1n) is 8.91. The molecule has 4 aliphatic carbocycles. The van der Waals surface area contributed by atoms with Crippen LogP contribution in [0.3, 0.4) is 0 Å². The van der Waals surface area contributed by atoms with Crippen LogP contribution in [-0.4, -0.2) is 16.5 Å². The quantitative estimate of drug-likeness (QED) is 0.547. The highest BCUT2D eigenvalue weighted by Gasteiger charge is 2.61. The molecule has 118 valence electrons. The van der Waals surface area contributed by atoms with Gasteiger partial charge in [0.25, 0.3) is 0 Å². The van der Waals surface area contributed by atoms with Crippen molar-refractivity contribution in [3.8, 4) is 12.3 Å². The summed E-state index contributed by atoms with van der Waals surface area (Å²) in [4.78, 5) is 11.7. The minimum atomic E-state index is -0.903. The van der Waals surface area contributed by atoms with Crippen LogP contribution < -0.4 is 0 Å². The Bertz CT molecular complexity index is 595. The van der Waals surface area contributed by atoms with Crippen LogP contribution in [0, 0.1) is 35.5 Å². The van der Waals surface area contributed by atoms with E-state index < -0.39 is 5.60 Å². The highest BCUT2D eigenvalue weighted by atomic mass is 16.3. The fourth-order valence-corrected chi connectivity index (χ4v) is 6.30. The van der Waals surface area contributed by atoms with E-state index in [4.69, 9.17) is 6.42 Å². The van der Waals surface area contributed by atoms with Gasteiger partial charge in [-0.1, -0.05) is 24.0 Å². The van der Waals surface area contributed by atoms with Crippen molar-refractivity contribution >= 4 is 5.78 Å². The lowest BCUT2D eigenvalue weighted by Crippen LogP contribution is -2.50. The van der Waals surface area contributed by atoms with Crippen molar-refractivity contribution in [1.82, 2.24) is 0 Å². The van der Waals surface area contributed by atoms with E-state index in [0.717, 1.165) is 51.4 Å². The first-order chi connectivity index (χ1) is 10.5. The lowest BCUT2D eigenvalue weighted by atomic mass is 9.52. The van der Waals surface area contributed by atoms with Gasteiger partial charge in [-0.05, 0) is 62.7 Å². The van der Waals surface area contributed by atoms with Gasteiger partial charge in [0.2, 0.25) is 0 Å². The van der Waals surface area contributed by atoms with Gasteiger partial charge >= 0.3 is 0 Å². The average molecular weight is 298 g/mol. The molecule has 0 aliphatic heterocycles. The standard InChI is InChI=1S/C20H26O2/c1-3-20(22)11-9-18-17-6-4-13-12-14(21)5-7-15(13)16(17)8-10-19(18,20)2/h1,16-18,22H,4-12H2,2H3/t16-,17-,18-,19+,20+/m1/s1. The molecule has 2 fully saturated rings. The van der Waals surface area contributed by atoms with Crippen molar-refractivity contribution in [3.63, 3.8) is 0 Å². The zero-order chi connectivity index (χ0) is 15.5. The maximum absolute atomic E-state index is 11.7. The molecule has 0 bridgehead atoms. The van der Waals surface area contributed by atoms with Gasteiger partial charge in [0, 0.05) is 18.3 Å². The molecule has 1 N–H and O–H groups in total. The second-order valence-corrected chi connectivity index (χ2v) is 8.26. The molecule has 4 aliphatic rings. The van der Waals surface area contributed by atoms with Crippen LogP contribution in [0.2, 0.25) is 0 Å². The maximum atomic E-state index is 11.7. The van der Waals surface area contributed by atoms with Gasteiger partial charge in [0.1, 0.15) is 11.4 Å². The molecule has 2 nitrogen and oxygen atoms in total. The van der Waals surface area contributed by atoms with Crippen LogP contribution in [-0.2, 0) is 4.79 Å². The molecule has 0 aromatic heterocycles. The Morgan fingerprint density at radius 2 is 2.00 bits per heavy atom. The molecule has 4 rings (SSSR count). The monoisotopic (exact) mass is 298 g/mol. The van der Waals surface area contributed by atoms with Crippen molar-refractivity contribution in [2.75, 3.05) is 0 Å². The molecule has 5 atom stereocenters. The van der Waals surface area contributed by atoms with E-state index in [-0.39, 0.29) is 5.41 Å². The Kier molecular flexibility index (Phi) is 3.11. The summed E-state index contributed by atoms with van der Waals surface area (Å²) >= 11 is 0. The van der Waals surface area contributed by atoms with E-state index in [1.54, 1.807) is 5.57 Å². The summed E-state index contributed by atoms with van der Waals surface area (Å²) in [5.74, 6) is 5.06. The van der Waals surface area contributed by atoms with Crippen LogP contribution in [0.1, 0.15) is 64.7 Å². The minimum absolute atomic E-state index is 0.106. The molecule has 2 heteroatoms. The van der Waals surface area contributed by atoms with Gasteiger partial charge in [0.05, 0.1) is 0 Å². The van der Waals surface area contributed by atoms with Crippen molar-refractivity contribution < 1.29 is 9.90 Å². The summed E-state index contributed by atoms with van der Waals surface area (Å²) in [7, 11) is 0. The number of hydrogen-bond donors (Lipinski definition) is 1. The third-order valence-electron chi connectivity index (χ3n) is 7.59. The molecular formula is C20H26O2. The Labute approximate surface area is 133 Å². The van der Waals surface area contributed by atoms with E-state index in [1.165, 1.54) is 12.0 Å². The first-order valence-corrected chi connectivity index (χ1v) is 8.91. The lowest BCUT2D eigenvalue weighted by Gasteiger charge is -2.53. The Hall–Kier alpha value is -1.07. The number of hydrogen-bond acceptors (Lipinski definition) is 2.